The van der Waals surface area contributed by atoms with Crippen LogP contribution in [0.25, 0.3) is 21.7 Å². The fraction of sp³-hybridized carbons (Fsp3) is 0.0500. The third-order valence-electron chi connectivity index (χ3n) is 4.88. The maximum atomic E-state index is 12.9. The number of aromatic nitrogens is 1. The van der Waals surface area contributed by atoms with Gasteiger partial charge in [0.25, 0.3) is 15.9 Å². The average Bonchev–Trinajstić information content (AvgIpc) is 3.14. The number of benzene rings is 3. The lowest BCUT2D eigenvalue weighted by Crippen LogP contribution is -2.31. The number of hydrogen-bond donors (Lipinski definition) is 2. The second-order valence-corrected chi connectivity index (χ2v) is 8.44. The highest BCUT2D eigenvalue weighted by Crippen LogP contribution is 2.42. The van der Waals surface area contributed by atoms with E-state index in [-0.39, 0.29) is 16.5 Å². The van der Waals surface area contributed by atoms with Crippen LogP contribution in [0.2, 0.25) is 0 Å². The molecule has 8 nitrogen and oxygen atoms in total. The van der Waals surface area contributed by atoms with E-state index in [0.717, 1.165) is 9.69 Å². The van der Waals surface area contributed by atoms with Gasteiger partial charge in [-0.2, -0.15) is 0 Å². The molecule has 0 aliphatic carbocycles. The molecule has 144 valence electrons. The molecule has 1 aliphatic rings. The first kappa shape index (κ1) is 17.4. The van der Waals surface area contributed by atoms with E-state index in [1.807, 2.05) is 12.1 Å². The molecule has 3 aromatic carbocycles. The number of H-pyrrole nitrogens is 1. The monoisotopic (exact) mass is 406 g/mol. The normalized spacial score (nSPS) is 15.0. The number of aromatic amines is 1. The molecule has 1 aromatic heterocycles. The number of amides is 1. The standard InChI is InChI=1S/C20H14N4O4S/c25-17(22-23-19-13-7-1-2-8-14(13)21-20(19)26)11-24-15-9-3-5-12-6-4-10-16(18(12)15)29(24,27)28/h1-10,21,26H,11H2. The Balaban J connectivity index is 1.48. The van der Waals surface area contributed by atoms with Gasteiger partial charge in [-0.3, -0.25) is 9.10 Å². The summed E-state index contributed by atoms with van der Waals surface area (Å²) in [5.41, 5.74) is 1.22. The highest BCUT2D eigenvalue weighted by molar-refractivity contribution is 7.93. The van der Waals surface area contributed by atoms with E-state index in [1.165, 1.54) is 6.07 Å². The van der Waals surface area contributed by atoms with Crippen molar-refractivity contribution in [3.63, 3.8) is 0 Å². The maximum absolute atomic E-state index is 12.9. The summed E-state index contributed by atoms with van der Waals surface area (Å²) in [5.74, 6) is -0.961. The molecule has 2 N–H and O–H groups in total. The first-order valence-electron chi connectivity index (χ1n) is 8.75. The molecule has 0 spiro atoms. The number of anilines is 1. The minimum atomic E-state index is -3.85. The number of aromatic hydroxyl groups is 1. The van der Waals surface area contributed by atoms with Crippen molar-refractivity contribution >= 4 is 49.0 Å². The van der Waals surface area contributed by atoms with Crippen molar-refractivity contribution in [3.05, 3.63) is 60.7 Å². The van der Waals surface area contributed by atoms with Crippen molar-refractivity contribution in [3.8, 4) is 5.88 Å². The van der Waals surface area contributed by atoms with E-state index >= 15 is 0 Å². The number of sulfonamides is 1. The Morgan fingerprint density at radius 2 is 1.79 bits per heavy atom. The first-order valence-corrected chi connectivity index (χ1v) is 10.2. The Hall–Kier alpha value is -3.72. The molecule has 4 aromatic rings. The number of carbonyl (C=O) groups is 1. The molecule has 0 radical (unpaired) electrons. The van der Waals surface area contributed by atoms with Gasteiger partial charge in [-0.05, 0) is 23.6 Å². The Labute approximate surface area is 165 Å². The molecule has 0 saturated heterocycles. The number of carbonyl (C=O) groups excluding carboxylic acids is 1. The molecule has 1 amide bonds. The van der Waals surface area contributed by atoms with Crippen molar-refractivity contribution in [2.75, 3.05) is 10.8 Å². The molecular weight excluding hydrogens is 392 g/mol. The van der Waals surface area contributed by atoms with Gasteiger partial charge >= 0.3 is 0 Å². The minimum absolute atomic E-state index is 0.128. The van der Waals surface area contributed by atoms with Crippen LogP contribution in [0.15, 0.2) is 75.8 Å². The third-order valence-corrected chi connectivity index (χ3v) is 6.68. The highest BCUT2D eigenvalue weighted by Gasteiger charge is 2.36. The second kappa shape index (κ2) is 6.14. The highest BCUT2D eigenvalue weighted by atomic mass is 32.2. The van der Waals surface area contributed by atoms with E-state index < -0.39 is 22.5 Å². The topological polar surface area (TPSA) is 115 Å². The van der Waals surface area contributed by atoms with Gasteiger partial charge in [0.15, 0.2) is 5.69 Å². The predicted molar refractivity (Wildman–Crippen MR) is 108 cm³/mol. The Morgan fingerprint density at radius 3 is 2.62 bits per heavy atom. The van der Waals surface area contributed by atoms with Crippen molar-refractivity contribution in [1.82, 2.24) is 4.98 Å². The van der Waals surface area contributed by atoms with Gasteiger partial charge in [-0.25, -0.2) is 8.42 Å². The zero-order chi connectivity index (χ0) is 20.2. The van der Waals surface area contributed by atoms with Crippen molar-refractivity contribution in [2.45, 2.75) is 4.90 Å². The summed E-state index contributed by atoms with van der Waals surface area (Å²) in [7, 11) is -3.85. The van der Waals surface area contributed by atoms with Crippen molar-refractivity contribution in [2.24, 2.45) is 10.2 Å². The van der Waals surface area contributed by atoms with Gasteiger partial charge < -0.3 is 10.1 Å². The van der Waals surface area contributed by atoms with E-state index in [9.17, 15) is 18.3 Å². The van der Waals surface area contributed by atoms with Gasteiger partial charge in [0.2, 0.25) is 5.88 Å². The molecule has 1 aliphatic heterocycles. The second-order valence-electron chi connectivity index (χ2n) is 6.60. The lowest BCUT2D eigenvalue weighted by molar-refractivity contribution is -0.116. The van der Waals surface area contributed by atoms with Crippen LogP contribution < -0.4 is 4.31 Å². The van der Waals surface area contributed by atoms with Crippen molar-refractivity contribution < 1.29 is 18.3 Å². The summed E-state index contributed by atoms with van der Waals surface area (Å²) in [6.07, 6.45) is 0. The molecule has 0 unspecified atom stereocenters. The number of azo groups is 1. The molecule has 0 fully saturated rings. The van der Waals surface area contributed by atoms with Gasteiger partial charge in [-0.1, -0.05) is 42.5 Å². The van der Waals surface area contributed by atoms with Crippen LogP contribution in [0, 0.1) is 0 Å². The molecule has 5 rings (SSSR count). The summed E-state index contributed by atoms with van der Waals surface area (Å²) in [6.45, 7) is -0.483. The van der Waals surface area contributed by atoms with Crippen LogP contribution >= 0.6 is 0 Å². The number of rotatable bonds is 3. The maximum Gasteiger partial charge on any atom is 0.285 e. The van der Waals surface area contributed by atoms with Gasteiger partial charge in [0, 0.05) is 10.8 Å². The summed E-state index contributed by atoms with van der Waals surface area (Å²) in [5, 5.41) is 19.5. The molecule has 0 atom stereocenters. The fourth-order valence-corrected chi connectivity index (χ4v) is 5.26. The van der Waals surface area contributed by atoms with Crippen LogP contribution in [0.5, 0.6) is 5.88 Å². The zero-order valence-corrected chi connectivity index (χ0v) is 15.7. The number of hydrogen-bond acceptors (Lipinski definition) is 5. The summed E-state index contributed by atoms with van der Waals surface area (Å²) in [6, 6.07) is 17.3. The molecule has 2 heterocycles. The summed E-state index contributed by atoms with van der Waals surface area (Å²) < 4.78 is 26.9. The van der Waals surface area contributed by atoms with Crippen LogP contribution in [0.4, 0.5) is 11.4 Å². The lowest BCUT2D eigenvalue weighted by atomic mass is 10.1. The molecular formula is C20H14N4O4S. The number of para-hydroxylation sites is 1. The lowest BCUT2D eigenvalue weighted by Gasteiger charge is -2.16. The van der Waals surface area contributed by atoms with Crippen LogP contribution in [-0.2, 0) is 14.8 Å². The Kier molecular flexibility index (Phi) is 3.68. The average molecular weight is 406 g/mol. The summed E-state index contributed by atoms with van der Waals surface area (Å²) in [4.78, 5) is 15.4. The SMILES string of the molecule is O=C(CN1c2cccc3cccc(c23)S1(=O)=O)N=Nc1c(O)[nH]c2ccccc12. The zero-order valence-electron chi connectivity index (χ0n) is 14.9. The van der Waals surface area contributed by atoms with E-state index in [0.29, 0.717) is 22.0 Å². The minimum Gasteiger partial charge on any atom is -0.493 e. The Morgan fingerprint density at radius 1 is 1.03 bits per heavy atom. The van der Waals surface area contributed by atoms with Crippen LogP contribution in [-0.4, -0.2) is 31.0 Å². The molecule has 29 heavy (non-hydrogen) atoms. The van der Waals surface area contributed by atoms with E-state index in [2.05, 4.69) is 15.2 Å². The van der Waals surface area contributed by atoms with Gasteiger partial charge in [0.1, 0.15) is 6.54 Å². The smallest absolute Gasteiger partial charge is 0.285 e. The van der Waals surface area contributed by atoms with Crippen LogP contribution in [0.1, 0.15) is 0 Å². The van der Waals surface area contributed by atoms with E-state index in [1.54, 1.807) is 42.5 Å². The first-order chi connectivity index (χ1) is 14.0. The fourth-order valence-electron chi connectivity index (χ4n) is 3.60. The van der Waals surface area contributed by atoms with Crippen molar-refractivity contribution in [1.29, 1.82) is 0 Å². The molecule has 0 saturated carbocycles. The van der Waals surface area contributed by atoms with Gasteiger partial charge in [0.05, 0.1) is 16.1 Å². The quantitative estimate of drug-likeness (QED) is 0.503. The Bertz CT molecular complexity index is 1430. The molecule has 0 bridgehead atoms. The number of nitrogens with one attached hydrogen (secondary N) is 1. The summed E-state index contributed by atoms with van der Waals surface area (Å²) >= 11 is 0. The number of nitrogens with zero attached hydrogens (tertiary/aromatic N) is 3. The number of fused-ring (bicyclic) bond motifs is 1. The largest absolute Gasteiger partial charge is 0.493 e. The third kappa shape index (κ3) is 2.59. The predicted octanol–water partition coefficient (Wildman–Crippen LogP) is 3.85. The molecule has 9 heteroatoms. The van der Waals surface area contributed by atoms with E-state index in [4.69, 9.17) is 0 Å². The van der Waals surface area contributed by atoms with Gasteiger partial charge in [-0.15, -0.1) is 10.2 Å². The van der Waals surface area contributed by atoms with Crippen LogP contribution in [0.3, 0.4) is 0 Å².